The number of carbonyl (C=O) groups is 3. The van der Waals surface area contributed by atoms with E-state index in [0.29, 0.717) is 17.7 Å². The first kappa shape index (κ1) is 15.8. The molecule has 6 heteroatoms. The van der Waals surface area contributed by atoms with Crippen LogP contribution in [0.25, 0.3) is 0 Å². The van der Waals surface area contributed by atoms with Gasteiger partial charge in [0.25, 0.3) is 5.91 Å². The van der Waals surface area contributed by atoms with Crippen LogP contribution in [0, 0.1) is 11.8 Å². The van der Waals surface area contributed by atoms with Crippen molar-refractivity contribution < 1.29 is 19.5 Å². The fourth-order valence-corrected chi connectivity index (χ4v) is 2.51. The van der Waals surface area contributed by atoms with Gasteiger partial charge in [0.1, 0.15) is 0 Å². The predicted molar refractivity (Wildman–Crippen MR) is 78.8 cm³/mol. The van der Waals surface area contributed by atoms with E-state index >= 15 is 0 Å². The number of carbonyl (C=O) groups excluding carboxylic acids is 3. The second-order valence-corrected chi connectivity index (χ2v) is 5.09. The molecule has 2 N–H and O–H groups in total. The topological polar surface area (TPSA) is 98.3 Å². The molecule has 0 saturated carbocycles. The summed E-state index contributed by atoms with van der Waals surface area (Å²) in [7, 11) is 1.50. The predicted octanol–water partition coefficient (Wildman–Crippen LogP) is 0.317. The summed E-state index contributed by atoms with van der Waals surface area (Å²) in [5, 5.41) is 16.3. The molecule has 2 rings (SSSR count). The van der Waals surface area contributed by atoms with Crippen LogP contribution in [0.4, 0.5) is 5.69 Å². The Morgan fingerprint density at radius 3 is 2.36 bits per heavy atom. The van der Waals surface area contributed by atoms with Crippen molar-refractivity contribution in [3.63, 3.8) is 0 Å². The van der Waals surface area contributed by atoms with Crippen molar-refractivity contribution >= 4 is 23.5 Å². The first-order valence-electron chi connectivity index (χ1n) is 7.02. The lowest BCUT2D eigenvalue weighted by atomic mass is 9.82. The Bertz CT molecular complexity index is 624. The van der Waals surface area contributed by atoms with Gasteiger partial charge in [-0.3, -0.25) is 9.59 Å². The Morgan fingerprint density at radius 1 is 1.09 bits per heavy atom. The molecule has 0 radical (unpaired) electrons. The highest BCUT2D eigenvalue weighted by atomic mass is 16.4. The number of para-hydroxylation sites is 1. The van der Waals surface area contributed by atoms with Crippen LogP contribution in [-0.2, 0) is 9.59 Å². The SMILES string of the molecule is CNC(=O)c1ccccc1NC(=O)[C@@H]1CC=CC[C@@H]1C(=O)[O-]. The lowest BCUT2D eigenvalue weighted by molar-refractivity contribution is -0.313. The smallest absolute Gasteiger partial charge is 0.253 e. The number of nitrogens with one attached hydrogen (secondary N) is 2. The van der Waals surface area contributed by atoms with Crippen LogP contribution >= 0.6 is 0 Å². The Balaban J connectivity index is 2.20. The van der Waals surface area contributed by atoms with Crippen molar-refractivity contribution in [3.05, 3.63) is 42.0 Å². The normalized spacial score (nSPS) is 20.2. The highest BCUT2D eigenvalue weighted by molar-refractivity contribution is 6.04. The first-order valence-corrected chi connectivity index (χ1v) is 7.02. The van der Waals surface area contributed by atoms with Crippen molar-refractivity contribution in [2.75, 3.05) is 12.4 Å². The number of carboxylic acids is 1. The molecule has 0 bridgehead atoms. The minimum atomic E-state index is -1.23. The van der Waals surface area contributed by atoms with E-state index < -0.39 is 23.7 Å². The van der Waals surface area contributed by atoms with Crippen molar-refractivity contribution in [2.45, 2.75) is 12.8 Å². The molecule has 0 spiro atoms. The number of rotatable bonds is 4. The first-order chi connectivity index (χ1) is 10.5. The van der Waals surface area contributed by atoms with E-state index in [2.05, 4.69) is 10.6 Å². The van der Waals surface area contributed by atoms with Crippen molar-refractivity contribution in [2.24, 2.45) is 11.8 Å². The summed E-state index contributed by atoms with van der Waals surface area (Å²) in [6.45, 7) is 0. The molecular weight excluding hydrogens is 284 g/mol. The summed E-state index contributed by atoms with van der Waals surface area (Å²) < 4.78 is 0. The average Bonchev–Trinajstić information content (AvgIpc) is 2.54. The molecule has 0 heterocycles. The molecule has 6 nitrogen and oxygen atoms in total. The summed E-state index contributed by atoms with van der Waals surface area (Å²) in [5.74, 6) is -3.53. The monoisotopic (exact) mass is 301 g/mol. The number of hydrogen-bond donors (Lipinski definition) is 2. The molecule has 2 atom stereocenters. The van der Waals surface area contributed by atoms with Gasteiger partial charge in [-0.15, -0.1) is 0 Å². The lowest BCUT2D eigenvalue weighted by Crippen LogP contribution is -2.41. The van der Waals surface area contributed by atoms with E-state index in [1.807, 2.05) is 0 Å². The Labute approximate surface area is 128 Å². The van der Waals surface area contributed by atoms with Crippen molar-refractivity contribution in [1.29, 1.82) is 0 Å². The van der Waals surface area contributed by atoms with Crippen molar-refractivity contribution in [1.82, 2.24) is 5.32 Å². The molecule has 0 aromatic heterocycles. The molecule has 1 aliphatic carbocycles. The van der Waals surface area contributed by atoms with Gasteiger partial charge in [-0.25, -0.2) is 0 Å². The van der Waals surface area contributed by atoms with Gasteiger partial charge in [0.15, 0.2) is 0 Å². The van der Waals surface area contributed by atoms with Gasteiger partial charge in [0, 0.05) is 18.9 Å². The van der Waals surface area contributed by atoms with Gasteiger partial charge in [0.05, 0.1) is 17.2 Å². The molecule has 0 saturated heterocycles. The number of anilines is 1. The van der Waals surface area contributed by atoms with E-state index in [-0.39, 0.29) is 12.3 Å². The highest BCUT2D eigenvalue weighted by Crippen LogP contribution is 2.27. The Morgan fingerprint density at radius 2 is 1.73 bits per heavy atom. The molecule has 0 fully saturated rings. The van der Waals surface area contributed by atoms with Crippen molar-refractivity contribution in [3.8, 4) is 0 Å². The summed E-state index contributed by atoms with van der Waals surface area (Å²) >= 11 is 0. The summed E-state index contributed by atoms with van der Waals surface area (Å²) in [6.07, 6.45) is 4.14. The molecule has 1 aromatic rings. The molecule has 0 aliphatic heterocycles. The summed E-state index contributed by atoms with van der Waals surface area (Å²) in [4.78, 5) is 35.3. The molecule has 1 aromatic carbocycles. The van der Waals surface area contributed by atoms with Crippen LogP contribution in [0.1, 0.15) is 23.2 Å². The standard InChI is InChI=1S/C16H18N2O4/c1-17-14(19)12-8-4-5-9-13(12)18-15(20)10-6-2-3-7-11(10)16(21)22/h2-5,8-11H,6-7H2,1H3,(H,17,19)(H,18,20)(H,21,22)/p-1/t10-,11+/m1/s1. The Kier molecular flexibility index (Phi) is 4.93. The molecule has 116 valence electrons. The van der Waals surface area contributed by atoms with Crippen LogP contribution in [0.2, 0.25) is 0 Å². The summed E-state index contributed by atoms with van der Waals surface area (Å²) in [6, 6.07) is 6.58. The minimum Gasteiger partial charge on any atom is -0.550 e. The average molecular weight is 301 g/mol. The van der Waals surface area contributed by atoms with E-state index in [1.165, 1.54) is 7.05 Å². The number of carboxylic acid groups (broad SMARTS) is 1. The third kappa shape index (κ3) is 3.33. The number of hydrogen-bond acceptors (Lipinski definition) is 4. The fraction of sp³-hybridized carbons (Fsp3) is 0.312. The van der Waals surface area contributed by atoms with Gasteiger partial charge >= 0.3 is 0 Å². The maximum atomic E-state index is 12.4. The maximum absolute atomic E-state index is 12.4. The number of benzene rings is 1. The van der Waals surface area contributed by atoms with Gasteiger partial charge in [-0.05, 0) is 25.0 Å². The fourth-order valence-electron chi connectivity index (χ4n) is 2.51. The Hall–Kier alpha value is -2.63. The maximum Gasteiger partial charge on any atom is 0.253 e. The molecular formula is C16H17N2O4-. The van der Waals surface area contributed by atoms with Crippen LogP contribution in [0.3, 0.4) is 0 Å². The summed E-state index contributed by atoms with van der Waals surface area (Å²) in [5.41, 5.74) is 0.688. The van der Waals surface area contributed by atoms with E-state index in [4.69, 9.17) is 0 Å². The third-order valence-corrected chi connectivity index (χ3v) is 3.73. The quantitative estimate of drug-likeness (QED) is 0.782. The van der Waals surface area contributed by atoms with Crippen LogP contribution < -0.4 is 15.7 Å². The highest BCUT2D eigenvalue weighted by Gasteiger charge is 2.30. The van der Waals surface area contributed by atoms with Gasteiger partial charge in [0.2, 0.25) is 5.91 Å². The zero-order valence-corrected chi connectivity index (χ0v) is 12.2. The largest absolute Gasteiger partial charge is 0.550 e. The minimum absolute atomic E-state index is 0.275. The molecule has 22 heavy (non-hydrogen) atoms. The van der Waals surface area contributed by atoms with E-state index in [0.717, 1.165) is 0 Å². The molecule has 1 aliphatic rings. The lowest BCUT2D eigenvalue weighted by Gasteiger charge is -2.28. The molecule has 0 unspecified atom stereocenters. The van der Waals surface area contributed by atoms with E-state index in [9.17, 15) is 19.5 Å². The number of aliphatic carboxylic acids is 1. The van der Waals surface area contributed by atoms with Crippen LogP contribution in [0.15, 0.2) is 36.4 Å². The molecule has 2 amide bonds. The second-order valence-electron chi connectivity index (χ2n) is 5.09. The zero-order chi connectivity index (χ0) is 16.1. The number of amides is 2. The zero-order valence-electron chi connectivity index (χ0n) is 12.2. The van der Waals surface area contributed by atoms with E-state index in [1.54, 1.807) is 36.4 Å². The van der Waals surface area contributed by atoms with Gasteiger partial charge < -0.3 is 20.5 Å². The van der Waals surface area contributed by atoms with Crippen LogP contribution in [-0.4, -0.2) is 24.8 Å². The van der Waals surface area contributed by atoms with Crippen LogP contribution in [0.5, 0.6) is 0 Å². The van der Waals surface area contributed by atoms with Gasteiger partial charge in [-0.2, -0.15) is 0 Å². The van der Waals surface area contributed by atoms with Gasteiger partial charge in [-0.1, -0.05) is 24.3 Å². The second kappa shape index (κ2) is 6.89. The third-order valence-electron chi connectivity index (χ3n) is 3.73. The number of allylic oxidation sites excluding steroid dienone is 2.